The molecule has 1 heterocycles. The van der Waals surface area contributed by atoms with Gasteiger partial charge in [0.2, 0.25) is 0 Å². The van der Waals surface area contributed by atoms with E-state index in [1.807, 2.05) is 0 Å². The molecule has 0 atom stereocenters. The molecule has 25 heavy (non-hydrogen) atoms. The zero-order chi connectivity index (χ0) is 17.8. The Kier molecular flexibility index (Phi) is 4.70. The quantitative estimate of drug-likeness (QED) is 0.776. The molecule has 3 aromatic rings. The number of methoxy groups -OCH3 is 1. The molecule has 0 unspecified atom stereocenters. The number of hydrogen-bond acceptors (Lipinski definition) is 5. The highest BCUT2D eigenvalue weighted by molar-refractivity contribution is 5.85. The summed E-state index contributed by atoms with van der Waals surface area (Å²) in [5, 5.41) is 3.07. The summed E-state index contributed by atoms with van der Waals surface area (Å²) in [6.07, 6.45) is -0.513. The topological polar surface area (TPSA) is 77.8 Å². The van der Waals surface area contributed by atoms with Crippen LogP contribution in [0.3, 0.4) is 0 Å². The van der Waals surface area contributed by atoms with Crippen LogP contribution in [0.4, 0.5) is 10.5 Å². The highest BCUT2D eigenvalue weighted by Crippen LogP contribution is 2.25. The van der Waals surface area contributed by atoms with Gasteiger partial charge in [-0.3, -0.25) is 10.1 Å². The number of amides is 1. The van der Waals surface area contributed by atoms with Crippen molar-refractivity contribution in [2.75, 3.05) is 19.0 Å². The molecule has 0 spiro atoms. The lowest BCUT2D eigenvalue weighted by molar-refractivity contribution is 0.168. The van der Waals surface area contributed by atoms with Crippen LogP contribution in [0.5, 0.6) is 5.75 Å². The number of carbonyl (C=O) groups excluding carboxylic acids is 1. The van der Waals surface area contributed by atoms with E-state index in [1.54, 1.807) is 56.5 Å². The van der Waals surface area contributed by atoms with Crippen molar-refractivity contribution in [3.05, 3.63) is 58.8 Å². The van der Waals surface area contributed by atoms with E-state index in [9.17, 15) is 9.59 Å². The van der Waals surface area contributed by atoms with Crippen LogP contribution in [-0.4, -0.2) is 19.8 Å². The summed E-state index contributed by atoms with van der Waals surface area (Å²) < 4.78 is 15.8. The van der Waals surface area contributed by atoms with Crippen LogP contribution in [-0.2, 0) is 4.74 Å². The third-order valence-electron chi connectivity index (χ3n) is 3.63. The minimum Gasteiger partial charge on any atom is -0.497 e. The number of benzene rings is 2. The minimum absolute atomic E-state index is 0.149. The first-order valence-electron chi connectivity index (χ1n) is 7.77. The molecule has 0 radical (unpaired) electrons. The van der Waals surface area contributed by atoms with Crippen molar-refractivity contribution < 1.29 is 18.7 Å². The molecule has 0 aliphatic heterocycles. The molecule has 0 fully saturated rings. The van der Waals surface area contributed by atoms with Crippen molar-refractivity contribution in [3.63, 3.8) is 0 Å². The van der Waals surface area contributed by atoms with Crippen molar-refractivity contribution in [3.8, 4) is 17.1 Å². The zero-order valence-electron chi connectivity index (χ0n) is 13.9. The fourth-order valence-corrected chi connectivity index (χ4v) is 2.41. The highest BCUT2D eigenvalue weighted by atomic mass is 16.5. The van der Waals surface area contributed by atoms with Gasteiger partial charge in [-0.1, -0.05) is 0 Å². The van der Waals surface area contributed by atoms with Gasteiger partial charge in [-0.15, -0.1) is 0 Å². The first kappa shape index (κ1) is 16.6. The fourth-order valence-electron chi connectivity index (χ4n) is 2.41. The number of anilines is 1. The summed E-state index contributed by atoms with van der Waals surface area (Å²) in [7, 11) is 1.54. The maximum atomic E-state index is 12.3. The summed E-state index contributed by atoms with van der Waals surface area (Å²) >= 11 is 0. The molecule has 0 aliphatic rings. The molecule has 1 amide bonds. The maximum Gasteiger partial charge on any atom is 0.411 e. The van der Waals surface area contributed by atoms with Crippen molar-refractivity contribution >= 4 is 22.7 Å². The summed E-state index contributed by atoms with van der Waals surface area (Å²) in [6.45, 7) is 2.04. The summed E-state index contributed by atoms with van der Waals surface area (Å²) in [4.78, 5) is 23.7. The normalized spacial score (nSPS) is 10.5. The predicted octanol–water partition coefficient (Wildman–Crippen LogP) is 4.04. The number of carbonyl (C=O) groups is 1. The van der Waals surface area contributed by atoms with E-state index >= 15 is 0 Å². The second kappa shape index (κ2) is 7.09. The number of rotatable bonds is 4. The second-order valence-electron chi connectivity index (χ2n) is 5.26. The van der Waals surface area contributed by atoms with Crippen molar-refractivity contribution in [2.24, 2.45) is 0 Å². The average Bonchev–Trinajstić information content (AvgIpc) is 2.62. The van der Waals surface area contributed by atoms with Crippen LogP contribution in [0.1, 0.15) is 6.92 Å². The molecular weight excluding hydrogens is 322 g/mol. The van der Waals surface area contributed by atoms with E-state index in [2.05, 4.69) is 5.32 Å². The molecule has 6 nitrogen and oxygen atoms in total. The van der Waals surface area contributed by atoms with E-state index in [4.69, 9.17) is 13.9 Å². The molecule has 1 aromatic heterocycles. The molecule has 128 valence electrons. The minimum atomic E-state index is -0.513. The van der Waals surface area contributed by atoms with E-state index in [1.165, 1.54) is 6.07 Å². The molecule has 2 aromatic carbocycles. The van der Waals surface area contributed by atoms with Crippen LogP contribution in [0.2, 0.25) is 0 Å². The number of hydrogen-bond donors (Lipinski definition) is 1. The Bertz CT molecular complexity index is 960. The van der Waals surface area contributed by atoms with Gasteiger partial charge in [0.05, 0.1) is 19.1 Å². The first-order chi connectivity index (χ1) is 12.1. The largest absolute Gasteiger partial charge is 0.497 e. The molecular formula is C19H17NO5. The Balaban J connectivity index is 1.91. The summed E-state index contributed by atoms with van der Waals surface area (Å²) in [5.41, 5.74) is 1.65. The Morgan fingerprint density at radius 3 is 2.56 bits per heavy atom. The van der Waals surface area contributed by atoms with Crippen molar-refractivity contribution in [1.29, 1.82) is 0 Å². The maximum absolute atomic E-state index is 12.3. The molecule has 0 saturated heterocycles. The monoisotopic (exact) mass is 339 g/mol. The van der Waals surface area contributed by atoms with Gasteiger partial charge in [0.15, 0.2) is 5.43 Å². The molecule has 3 rings (SSSR count). The van der Waals surface area contributed by atoms with Gasteiger partial charge in [-0.2, -0.15) is 0 Å². The van der Waals surface area contributed by atoms with Crippen LogP contribution in [0.15, 0.2) is 57.7 Å². The molecule has 0 bridgehead atoms. The van der Waals surface area contributed by atoms with Crippen LogP contribution in [0.25, 0.3) is 22.3 Å². The highest BCUT2D eigenvalue weighted by Gasteiger charge is 2.09. The SMILES string of the molecule is CCOC(=O)Nc1ccc(-c2cc(=O)c3cc(OC)ccc3o2)cc1. The van der Waals surface area contributed by atoms with E-state index in [0.29, 0.717) is 34.8 Å². The fraction of sp³-hybridized carbons (Fsp3) is 0.158. The Morgan fingerprint density at radius 2 is 1.88 bits per heavy atom. The van der Waals surface area contributed by atoms with Crippen LogP contribution < -0.4 is 15.5 Å². The standard InChI is InChI=1S/C19H17NO5/c1-3-24-19(22)20-13-6-4-12(5-7-13)18-11-16(21)15-10-14(23-2)8-9-17(15)25-18/h4-11H,3H2,1-2H3,(H,20,22). The average molecular weight is 339 g/mol. The lowest BCUT2D eigenvalue weighted by atomic mass is 10.1. The number of nitrogens with one attached hydrogen (secondary N) is 1. The van der Waals surface area contributed by atoms with E-state index in [-0.39, 0.29) is 5.43 Å². The van der Waals surface area contributed by atoms with Gasteiger partial charge in [0, 0.05) is 17.3 Å². The van der Waals surface area contributed by atoms with Crippen LogP contribution >= 0.6 is 0 Å². The molecule has 6 heteroatoms. The predicted molar refractivity (Wildman–Crippen MR) is 95.1 cm³/mol. The van der Waals surface area contributed by atoms with E-state index < -0.39 is 6.09 Å². The molecule has 0 saturated carbocycles. The lowest BCUT2D eigenvalue weighted by Gasteiger charge is -2.07. The van der Waals surface area contributed by atoms with Crippen molar-refractivity contribution in [1.82, 2.24) is 0 Å². The Hall–Kier alpha value is -3.28. The lowest BCUT2D eigenvalue weighted by Crippen LogP contribution is -2.13. The zero-order valence-corrected chi connectivity index (χ0v) is 13.9. The Morgan fingerprint density at radius 1 is 1.12 bits per heavy atom. The number of ether oxygens (including phenoxy) is 2. The van der Waals surface area contributed by atoms with Gasteiger partial charge >= 0.3 is 6.09 Å². The van der Waals surface area contributed by atoms with Gasteiger partial charge in [0.25, 0.3) is 0 Å². The molecule has 0 aliphatic carbocycles. The Labute approximate surface area is 144 Å². The molecule has 1 N–H and O–H groups in total. The van der Waals surface area contributed by atoms with E-state index in [0.717, 1.165) is 5.56 Å². The summed E-state index contributed by atoms with van der Waals surface area (Å²) in [5.74, 6) is 1.05. The first-order valence-corrected chi connectivity index (χ1v) is 7.77. The van der Waals surface area contributed by atoms with Crippen LogP contribution in [0, 0.1) is 0 Å². The second-order valence-corrected chi connectivity index (χ2v) is 5.26. The van der Waals surface area contributed by atoms with Gasteiger partial charge in [-0.25, -0.2) is 4.79 Å². The third-order valence-corrected chi connectivity index (χ3v) is 3.63. The summed E-state index contributed by atoms with van der Waals surface area (Å²) in [6, 6.07) is 13.5. The van der Waals surface area contributed by atoms with Gasteiger partial charge in [0.1, 0.15) is 17.1 Å². The number of fused-ring (bicyclic) bond motifs is 1. The smallest absolute Gasteiger partial charge is 0.411 e. The third kappa shape index (κ3) is 3.63. The van der Waals surface area contributed by atoms with Gasteiger partial charge in [-0.05, 0) is 49.4 Å². The van der Waals surface area contributed by atoms with Crippen molar-refractivity contribution in [2.45, 2.75) is 6.92 Å². The van der Waals surface area contributed by atoms with Gasteiger partial charge < -0.3 is 13.9 Å².